The third kappa shape index (κ3) is 2.03. The molecule has 3 nitrogen and oxygen atoms in total. The van der Waals surface area contributed by atoms with Crippen LogP contribution >= 0.6 is 45.2 Å². The molecule has 0 bridgehead atoms. The molecule has 0 N–H and O–H groups in total. The van der Waals surface area contributed by atoms with Crippen molar-refractivity contribution in [1.82, 2.24) is 15.0 Å². The Kier molecular flexibility index (Phi) is 3.16. The van der Waals surface area contributed by atoms with Crippen molar-refractivity contribution in [3.63, 3.8) is 0 Å². The highest BCUT2D eigenvalue weighted by Crippen LogP contribution is 2.00. The van der Waals surface area contributed by atoms with Crippen LogP contribution in [0.4, 0.5) is 0 Å². The summed E-state index contributed by atoms with van der Waals surface area (Å²) in [6.45, 7) is 0. The molecule has 0 radical (unpaired) electrons. The molecule has 5 heteroatoms. The lowest BCUT2D eigenvalue weighted by Gasteiger charge is -1.84. The minimum absolute atomic E-state index is 0.876. The summed E-state index contributed by atoms with van der Waals surface area (Å²) in [6, 6.07) is 0. The number of alkyl halides is 2. The van der Waals surface area contributed by atoms with Gasteiger partial charge in [-0.1, -0.05) is 50.4 Å². The van der Waals surface area contributed by atoms with Crippen LogP contribution in [0, 0.1) is 0 Å². The van der Waals surface area contributed by atoms with E-state index >= 15 is 0 Å². The van der Waals surface area contributed by atoms with E-state index in [1.54, 1.807) is 0 Å². The monoisotopic (exact) mass is 349 g/mol. The van der Waals surface area contributed by atoms with Gasteiger partial charge in [0, 0.05) is 4.43 Å². The van der Waals surface area contributed by atoms with Crippen LogP contribution in [0.15, 0.2) is 6.20 Å². The van der Waals surface area contributed by atoms with Gasteiger partial charge in [0.2, 0.25) is 0 Å². The van der Waals surface area contributed by atoms with Gasteiger partial charge in [-0.25, -0.2) is 4.68 Å². The first-order valence-corrected chi connectivity index (χ1v) is 5.43. The Bertz CT molecular complexity index is 167. The van der Waals surface area contributed by atoms with E-state index in [2.05, 4.69) is 55.5 Å². The Morgan fingerprint density at radius 1 is 1.56 bits per heavy atom. The van der Waals surface area contributed by atoms with Crippen molar-refractivity contribution in [1.29, 1.82) is 0 Å². The second-order valence-electron chi connectivity index (χ2n) is 1.50. The standard InChI is InChI=1S/C4H5I2N3/c5-1-4-2-9(3-6)8-7-4/h2H,1,3H2. The van der Waals surface area contributed by atoms with Crippen LogP contribution in [0.25, 0.3) is 0 Å². The molecule has 0 unspecified atom stereocenters. The van der Waals surface area contributed by atoms with Gasteiger partial charge in [-0.3, -0.25) is 0 Å². The molecule has 0 amide bonds. The maximum atomic E-state index is 3.91. The maximum absolute atomic E-state index is 3.91. The highest BCUT2D eigenvalue weighted by Gasteiger charge is 1.94. The topological polar surface area (TPSA) is 30.7 Å². The molecule has 9 heavy (non-hydrogen) atoms. The fourth-order valence-corrected chi connectivity index (χ4v) is 1.14. The lowest BCUT2D eigenvalue weighted by molar-refractivity contribution is 0.714. The molecular weight excluding hydrogens is 344 g/mol. The predicted molar refractivity (Wildman–Crippen MR) is 51.8 cm³/mol. The summed E-state index contributed by atoms with van der Waals surface area (Å²) in [5, 5.41) is 7.77. The molecule has 1 aromatic rings. The Labute approximate surface area is 80.5 Å². The van der Waals surface area contributed by atoms with E-state index in [-0.39, 0.29) is 0 Å². The van der Waals surface area contributed by atoms with Crippen LogP contribution in [0.1, 0.15) is 5.69 Å². The normalized spacial score (nSPS) is 10.0. The molecular formula is C4H5I2N3. The predicted octanol–water partition coefficient (Wildman–Crippen LogP) is 1.61. The fraction of sp³-hybridized carbons (Fsp3) is 0.500. The van der Waals surface area contributed by atoms with E-state index in [9.17, 15) is 0 Å². The Balaban J connectivity index is 2.74. The van der Waals surface area contributed by atoms with Gasteiger partial charge in [0.05, 0.1) is 16.4 Å². The van der Waals surface area contributed by atoms with E-state index in [1.807, 2.05) is 10.9 Å². The summed E-state index contributed by atoms with van der Waals surface area (Å²) in [7, 11) is 0. The average Bonchev–Trinajstić information content (AvgIpc) is 2.34. The molecule has 50 valence electrons. The Morgan fingerprint density at radius 2 is 2.33 bits per heavy atom. The van der Waals surface area contributed by atoms with Gasteiger partial charge in [-0.05, 0) is 0 Å². The number of hydrogen-bond acceptors (Lipinski definition) is 2. The third-order valence-electron chi connectivity index (χ3n) is 0.845. The van der Waals surface area contributed by atoms with Gasteiger partial charge < -0.3 is 0 Å². The van der Waals surface area contributed by atoms with Crippen LogP contribution in [0.3, 0.4) is 0 Å². The highest BCUT2D eigenvalue weighted by atomic mass is 127. The van der Waals surface area contributed by atoms with E-state index < -0.39 is 0 Å². The zero-order chi connectivity index (χ0) is 6.69. The number of hydrogen-bond donors (Lipinski definition) is 0. The van der Waals surface area contributed by atoms with Crippen molar-refractivity contribution >= 4 is 45.2 Å². The first-order valence-electron chi connectivity index (χ1n) is 2.37. The van der Waals surface area contributed by atoms with E-state index in [0.29, 0.717) is 0 Å². The summed E-state index contributed by atoms with van der Waals surface area (Å²) in [4.78, 5) is 0. The van der Waals surface area contributed by atoms with Crippen LogP contribution in [-0.2, 0) is 8.98 Å². The second kappa shape index (κ2) is 3.69. The molecule has 1 heterocycles. The quantitative estimate of drug-likeness (QED) is 0.600. The van der Waals surface area contributed by atoms with Gasteiger partial charge in [0.15, 0.2) is 0 Å². The van der Waals surface area contributed by atoms with E-state index in [1.165, 1.54) is 0 Å². The summed E-state index contributed by atoms with van der Waals surface area (Å²) >= 11 is 4.51. The van der Waals surface area contributed by atoms with E-state index in [0.717, 1.165) is 14.7 Å². The minimum atomic E-state index is 0.876. The fourth-order valence-electron chi connectivity index (χ4n) is 0.458. The molecule has 0 aliphatic heterocycles. The van der Waals surface area contributed by atoms with Gasteiger partial charge in [-0.2, -0.15) is 0 Å². The van der Waals surface area contributed by atoms with Gasteiger partial charge >= 0.3 is 0 Å². The van der Waals surface area contributed by atoms with Crippen LogP contribution in [0.2, 0.25) is 0 Å². The molecule has 1 rings (SSSR count). The van der Waals surface area contributed by atoms with Crippen LogP contribution < -0.4 is 0 Å². The second-order valence-corrected chi connectivity index (χ2v) is 2.95. The molecule has 0 saturated carbocycles. The molecule has 0 aliphatic carbocycles. The smallest absolute Gasteiger partial charge is 0.0941 e. The molecule has 0 atom stereocenters. The van der Waals surface area contributed by atoms with Crippen molar-refractivity contribution < 1.29 is 0 Å². The summed E-state index contributed by atoms with van der Waals surface area (Å²) in [5.74, 6) is 0. The van der Waals surface area contributed by atoms with Gasteiger partial charge in [-0.15, -0.1) is 5.10 Å². The van der Waals surface area contributed by atoms with Crippen molar-refractivity contribution in [3.05, 3.63) is 11.9 Å². The number of aromatic nitrogens is 3. The number of nitrogens with zero attached hydrogens (tertiary/aromatic N) is 3. The molecule has 1 aromatic heterocycles. The van der Waals surface area contributed by atoms with Crippen molar-refractivity contribution in [2.75, 3.05) is 0 Å². The van der Waals surface area contributed by atoms with Crippen molar-refractivity contribution in [2.45, 2.75) is 8.98 Å². The first kappa shape index (κ1) is 7.70. The summed E-state index contributed by atoms with van der Waals surface area (Å²) < 4.78 is 3.63. The largest absolute Gasteiger partial charge is 0.242 e. The molecule has 0 aliphatic rings. The molecule has 0 aromatic carbocycles. The average molecular weight is 349 g/mol. The molecule has 0 saturated heterocycles. The third-order valence-corrected chi connectivity index (χ3v) is 2.33. The molecule has 0 fully saturated rings. The lowest BCUT2D eigenvalue weighted by Crippen LogP contribution is -1.90. The highest BCUT2D eigenvalue weighted by molar-refractivity contribution is 14.1. The molecule has 0 spiro atoms. The van der Waals surface area contributed by atoms with Crippen LogP contribution in [-0.4, -0.2) is 15.0 Å². The number of rotatable bonds is 2. The first-order chi connectivity index (χ1) is 4.36. The van der Waals surface area contributed by atoms with Crippen molar-refractivity contribution in [2.24, 2.45) is 0 Å². The van der Waals surface area contributed by atoms with Crippen LogP contribution in [0.5, 0.6) is 0 Å². The summed E-state index contributed by atoms with van der Waals surface area (Å²) in [5.41, 5.74) is 1.05. The number of halogens is 2. The zero-order valence-corrected chi connectivity index (χ0v) is 8.90. The Hall–Kier alpha value is 0.600. The lowest BCUT2D eigenvalue weighted by atomic mass is 10.6. The van der Waals surface area contributed by atoms with Crippen molar-refractivity contribution in [3.8, 4) is 0 Å². The summed E-state index contributed by atoms with van der Waals surface area (Å²) in [6.07, 6.45) is 1.96. The zero-order valence-electron chi connectivity index (χ0n) is 4.59. The Morgan fingerprint density at radius 3 is 2.67 bits per heavy atom. The minimum Gasteiger partial charge on any atom is -0.242 e. The SMILES string of the molecule is ICc1cn(CI)nn1. The maximum Gasteiger partial charge on any atom is 0.0941 e. The van der Waals surface area contributed by atoms with E-state index in [4.69, 9.17) is 0 Å². The van der Waals surface area contributed by atoms with Gasteiger partial charge in [0.25, 0.3) is 0 Å². The van der Waals surface area contributed by atoms with Gasteiger partial charge in [0.1, 0.15) is 0 Å².